The van der Waals surface area contributed by atoms with E-state index in [-0.39, 0.29) is 23.6 Å². The number of nitrogen functional groups attached to an aromatic ring is 1. The van der Waals surface area contributed by atoms with Crippen molar-refractivity contribution in [1.82, 2.24) is 19.5 Å². The quantitative estimate of drug-likeness (QED) is 0.449. The lowest BCUT2D eigenvalue weighted by Gasteiger charge is -2.18. The van der Waals surface area contributed by atoms with Gasteiger partial charge in [-0.05, 0) is 0 Å². The van der Waals surface area contributed by atoms with Gasteiger partial charge in [0.15, 0.2) is 17.3 Å². The van der Waals surface area contributed by atoms with Gasteiger partial charge in [-0.2, -0.15) is 4.98 Å². The van der Waals surface area contributed by atoms with Crippen molar-refractivity contribution in [2.75, 3.05) is 12.8 Å². The van der Waals surface area contributed by atoms with Crippen molar-refractivity contribution in [2.24, 2.45) is 0 Å². The summed E-state index contributed by atoms with van der Waals surface area (Å²) in [5, 5.41) is 7.71. The lowest BCUT2D eigenvalue weighted by molar-refractivity contribution is 0.122. The zero-order valence-electron chi connectivity index (χ0n) is 9.94. The second-order valence-corrected chi connectivity index (χ2v) is 5.57. The molecular weight excluding hydrogens is 275 g/mol. The largest absolute Gasteiger partial charge is 0.382 e. The molecule has 2 aromatic rings. The summed E-state index contributed by atoms with van der Waals surface area (Å²) in [7, 11) is -3.27. The zero-order chi connectivity index (χ0) is 14.2. The van der Waals surface area contributed by atoms with Crippen molar-refractivity contribution >= 4 is 24.6 Å². The third-order valence-electron chi connectivity index (χ3n) is 2.60. The number of aromatic amines is 1. The van der Waals surface area contributed by atoms with Gasteiger partial charge in [0.05, 0.1) is 12.9 Å². The molecule has 19 heavy (non-hydrogen) atoms. The highest BCUT2D eigenvalue weighted by molar-refractivity contribution is 7.52. The molecule has 0 saturated carbocycles. The van der Waals surface area contributed by atoms with E-state index in [2.05, 4.69) is 15.0 Å². The van der Waals surface area contributed by atoms with Crippen LogP contribution in [0, 0.1) is 5.41 Å². The second-order valence-electron chi connectivity index (χ2n) is 3.81. The molecule has 0 spiro atoms. The minimum absolute atomic E-state index is 0.0962. The van der Waals surface area contributed by atoms with Gasteiger partial charge in [-0.25, -0.2) is 4.98 Å². The van der Waals surface area contributed by atoms with Crippen molar-refractivity contribution in [3.8, 4) is 0 Å². The summed E-state index contributed by atoms with van der Waals surface area (Å²) >= 11 is 0. The minimum Gasteiger partial charge on any atom is -0.382 e. The lowest BCUT2D eigenvalue weighted by Crippen LogP contribution is -2.30. The lowest BCUT2D eigenvalue weighted by atomic mass is 10.4. The van der Waals surface area contributed by atoms with Crippen LogP contribution >= 0.6 is 7.60 Å². The predicted molar refractivity (Wildman–Crippen MR) is 65.0 cm³/mol. The van der Waals surface area contributed by atoms with Crippen LogP contribution in [-0.2, 0) is 15.8 Å². The molecule has 0 aromatic carbocycles. The maximum Gasteiger partial charge on any atom is 0.355 e. The molecule has 1 unspecified atom stereocenters. The third-order valence-corrected chi connectivity index (χ3v) is 3.72. The van der Waals surface area contributed by atoms with Gasteiger partial charge in [0.2, 0.25) is 5.62 Å². The van der Waals surface area contributed by atoms with Gasteiger partial charge in [0.1, 0.15) is 5.52 Å². The van der Waals surface area contributed by atoms with Crippen LogP contribution in [0.15, 0.2) is 6.33 Å². The molecule has 0 fully saturated rings. The first-order valence-electron chi connectivity index (χ1n) is 5.16. The molecule has 2 rings (SSSR count). The number of fused-ring (bicyclic) bond motifs is 1. The summed E-state index contributed by atoms with van der Waals surface area (Å²) in [6.07, 6.45) is 1.36. The Hall–Kier alpha value is -1.74. The summed E-state index contributed by atoms with van der Waals surface area (Å²) in [5.41, 5.74) is 6.05. The molecule has 0 saturated heterocycles. The number of nitrogens with one attached hydrogen (secondary N) is 2. The molecule has 11 heteroatoms. The van der Waals surface area contributed by atoms with Crippen LogP contribution in [0.1, 0.15) is 0 Å². The Balaban J connectivity index is 2.54. The molecule has 1 atom stereocenters. The van der Waals surface area contributed by atoms with Crippen LogP contribution in [0.5, 0.6) is 0 Å². The number of nitrogens with two attached hydrogens (primary N) is 1. The number of ether oxygens (including phenoxy) is 1. The molecule has 10 nitrogen and oxygen atoms in total. The van der Waals surface area contributed by atoms with E-state index in [9.17, 15) is 4.57 Å². The maximum absolute atomic E-state index is 11.2. The van der Waals surface area contributed by atoms with E-state index in [1.165, 1.54) is 18.0 Å². The molecule has 6 N–H and O–H groups in total. The first-order chi connectivity index (χ1) is 8.84. The summed E-state index contributed by atoms with van der Waals surface area (Å²) in [4.78, 5) is 28.8. The number of hydrogen-bond donors (Lipinski definition) is 5. The number of hydrogen-bond acceptors (Lipinski definition) is 6. The fraction of sp³-hybridized carbons (Fsp3) is 0.375. The van der Waals surface area contributed by atoms with Gasteiger partial charge < -0.3 is 25.2 Å². The van der Waals surface area contributed by atoms with Crippen LogP contribution in [0.4, 0.5) is 5.82 Å². The van der Waals surface area contributed by atoms with E-state index in [1.54, 1.807) is 0 Å². The monoisotopic (exact) mass is 288 g/mol. The van der Waals surface area contributed by atoms with Crippen LogP contribution in [-0.4, -0.2) is 42.3 Å². The van der Waals surface area contributed by atoms with Gasteiger partial charge in [0.25, 0.3) is 0 Å². The van der Waals surface area contributed by atoms with Crippen molar-refractivity contribution in [3.63, 3.8) is 0 Å². The molecule has 104 valence electrons. The molecule has 0 aliphatic rings. The molecule has 0 aliphatic heterocycles. The number of nitrogens with zero attached hydrogens (tertiary/aromatic N) is 3. The fourth-order valence-corrected chi connectivity index (χ4v) is 2.31. The summed E-state index contributed by atoms with van der Waals surface area (Å²) < 4.78 is 17.2. The van der Waals surface area contributed by atoms with Crippen molar-refractivity contribution in [3.05, 3.63) is 11.9 Å². The van der Waals surface area contributed by atoms with Gasteiger partial charge >= 0.3 is 7.60 Å². The first kappa shape index (κ1) is 13.7. The second kappa shape index (κ2) is 4.74. The molecule has 0 radical (unpaired) electrons. The average molecular weight is 288 g/mol. The summed E-state index contributed by atoms with van der Waals surface area (Å²) in [6, 6.07) is 0. The topological polar surface area (TPSA) is 163 Å². The number of rotatable bonds is 4. The third kappa shape index (κ3) is 2.51. The van der Waals surface area contributed by atoms with Gasteiger partial charge in [-0.3, -0.25) is 14.5 Å². The Morgan fingerprint density at radius 3 is 2.95 bits per heavy atom. The van der Waals surface area contributed by atoms with Crippen molar-refractivity contribution < 1.29 is 19.1 Å². The first-order valence-corrected chi connectivity index (χ1v) is 6.84. The molecule has 2 heterocycles. The molecular formula is C8H13N6O4P. The SMILES string of the molecule is COC(Cn1c(=N)nc(N)c2[nH]cnc21)P(=O)(O)O. The number of imidazole rings is 1. The van der Waals surface area contributed by atoms with Crippen LogP contribution < -0.4 is 11.4 Å². The van der Waals surface area contributed by atoms with E-state index in [0.29, 0.717) is 5.52 Å². The van der Waals surface area contributed by atoms with E-state index in [1.807, 2.05) is 0 Å². The Kier molecular flexibility index (Phi) is 3.42. The highest BCUT2D eigenvalue weighted by Gasteiger charge is 2.30. The number of methoxy groups -OCH3 is 1. The van der Waals surface area contributed by atoms with E-state index in [4.69, 9.17) is 25.7 Å². The summed E-state index contributed by atoms with van der Waals surface area (Å²) in [6.45, 7) is -0.256. The smallest absolute Gasteiger partial charge is 0.355 e. The van der Waals surface area contributed by atoms with Crippen molar-refractivity contribution in [2.45, 2.75) is 12.4 Å². The van der Waals surface area contributed by atoms with Gasteiger partial charge in [0, 0.05) is 7.11 Å². The van der Waals surface area contributed by atoms with Crippen LogP contribution in [0.25, 0.3) is 11.2 Å². The highest BCUT2D eigenvalue weighted by atomic mass is 31.2. The highest BCUT2D eigenvalue weighted by Crippen LogP contribution is 2.42. The van der Waals surface area contributed by atoms with E-state index in [0.717, 1.165) is 0 Å². The van der Waals surface area contributed by atoms with E-state index < -0.39 is 13.4 Å². The molecule has 2 aromatic heterocycles. The number of anilines is 1. The molecule has 0 bridgehead atoms. The fourth-order valence-electron chi connectivity index (χ4n) is 1.66. The Bertz CT molecular complexity index is 703. The normalized spacial score (nSPS) is 13.8. The van der Waals surface area contributed by atoms with Crippen LogP contribution in [0.2, 0.25) is 0 Å². The standard InChI is InChI=1S/C8H13N6O4P/c1-18-4(19(15,16)17)2-14-7-5(11-3-12-7)6(9)13-8(14)10/h3-4H,2H2,1H3,(H,11,12)(H3,9,10,13)(H2,15,16,17). The number of H-pyrrole nitrogens is 1. The van der Waals surface area contributed by atoms with Crippen LogP contribution in [0.3, 0.4) is 0 Å². The van der Waals surface area contributed by atoms with E-state index >= 15 is 0 Å². The Labute approximate surface area is 106 Å². The average Bonchev–Trinajstić information content (AvgIpc) is 2.76. The summed E-state index contributed by atoms with van der Waals surface area (Å²) in [5.74, 6) is -1.29. The number of aromatic nitrogens is 4. The zero-order valence-corrected chi connectivity index (χ0v) is 10.8. The maximum atomic E-state index is 11.2. The molecule has 0 amide bonds. The minimum atomic E-state index is -4.46. The van der Waals surface area contributed by atoms with Gasteiger partial charge in [-0.1, -0.05) is 0 Å². The van der Waals surface area contributed by atoms with Gasteiger partial charge in [-0.15, -0.1) is 0 Å². The predicted octanol–water partition coefficient (Wildman–Crippen LogP) is -1.03. The Morgan fingerprint density at radius 1 is 1.68 bits per heavy atom. The Morgan fingerprint density at radius 2 is 2.37 bits per heavy atom. The molecule has 0 aliphatic carbocycles. The van der Waals surface area contributed by atoms with Crippen molar-refractivity contribution in [1.29, 1.82) is 5.41 Å².